The van der Waals surface area contributed by atoms with Crippen LogP contribution in [0.5, 0.6) is 0 Å². The van der Waals surface area contributed by atoms with Crippen molar-refractivity contribution >= 4 is 54.8 Å². The average molecular weight is 571 g/mol. The minimum absolute atomic E-state index is 0.298. The van der Waals surface area contributed by atoms with E-state index in [4.69, 9.17) is 9.11 Å². The Labute approximate surface area is 224 Å². The van der Waals surface area contributed by atoms with Gasteiger partial charge < -0.3 is 0 Å². The fourth-order valence-electron chi connectivity index (χ4n) is 3.78. The van der Waals surface area contributed by atoms with Crippen molar-refractivity contribution in [1.29, 1.82) is 0 Å². The second kappa shape index (κ2) is 10.5. The van der Waals surface area contributed by atoms with Crippen LogP contribution in [0.25, 0.3) is 0 Å². The lowest BCUT2D eigenvalue weighted by Gasteiger charge is -2.13. The summed E-state index contributed by atoms with van der Waals surface area (Å²) in [5.41, 5.74) is 1.94. The number of rotatable bonds is 7. The predicted molar refractivity (Wildman–Crippen MR) is 144 cm³/mol. The predicted octanol–water partition coefficient (Wildman–Crippen LogP) is 2.98. The van der Waals surface area contributed by atoms with Crippen LogP contribution < -0.4 is 10.0 Å². The highest BCUT2D eigenvalue weighted by Crippen LogP contribution is 2.27. The first-order valence-corrected chi connectivity index (χ1v) is 14.1. The van der Waals surface area contributed by atoms with Gasteiger partial charge in [-0.25, -0.2) is 0 Å². The Kier molecular flexibility index (Phi) is 7.48. The van der Waals surface area contributed by atoms with E-state index in [2.05, 4.69) is 10.2 Å². The molecular formula is C25H22N4O8S2. The first-order chi connectivity index (χ1) is 18.3. The van der Waals surface area contributed by atoms with Gasteiger partial charge in [0.15, 0.2) is 0 Å². The molecule has 2 aliphatic heterocycles. The summed E-state index contributed by atoms with van der Waals surface area (Å²) in [5.74, 6) is -1.42. The fraction of sp³-hybridized carbons (Fsp3) is 0.120. The Morgan fingerprint density at radius 2 is 1.26 bits per heavy atom. The van der Waals surface area contributed by atoms with E-state index in [0.29, 0.717) is 28.4 Å². The molecule has 0 fully saturated rings. The van der Waals surface area contributed by atoms with E-state index in [-0.39, 0.29) is 15.7 Å². The van der Waals surface area contributed by atoms with Crippen molar-refractivity contribution in [2.45, 2.75) is 23.6 Å². The van der Waals surface area contributed by atoms with Crippen LogP contribution >= 0.6 is 0 Å². The van der Waals surface area contributed by atoms with E-state index in [9.17, 15) is 26.4 Å². The van der Waals surface area contributed by atoms with Gasteiger partial charge in [-0.05, 0) is 68.5 Å². The molecule has 0 saturated heterocycles. The average Bonchev–Trinajstić information content (AvgIpc) is 3.32. The second-order valence-electron chi connectivity index (χ2n) is 8.46. The van der Waals surface area contributed by atoms with Gasteiger partial charge in [0.25, 0.3) is 32.1 Å². The SMILES string of the molecule is CC1=NN(c2ccc(S(=O)(=O)O)cc2)C(=O)C1=C/C=C/C=C/C1C(=O)N(c2ccc(S(=O)(=O)O)cc2)N=C1C. The fourth-order valence-corrected chi connectivity index (χ4v) is 4.74. The molecule has 202 valence electrons. The Bertz CT molecular complexity index is 1700. The molecule has 2 heterocycles. The highest BCUT2D eigenvalue weighted by molar-refractivity contribution is 7.86. The molecule has 2 aromatic rings. The molecule has 14 heteroatoms. The number of hydrogen-bond donors (Lipinski definition) is 2. The minimum Gasteiger partial charge on any atom is -0.282 e. The monoisotopic (exact) mass is 570 g/mol. The summed E-state index contributed by atoms with van der Waals surface area (Å²) < 4.78 is 63.1. The maximum absolute atomic E-state index is 12.8. The van der Waals surface area contributed by atoms with Crippen LogP contribution in [0.4, 0.5) is 11.4 Å². The molecule has 0 aliphatic carbocycles. The van der Waals surface area contributed by atoms with Crippen molar-refractivity contribution in [2.75, 3.05) is 10.0 Å². The van der Waals surface area contributed by atoms with Crippen LogP contribution in [0.3, 0.4) is 0 Å². The first kappa shape index (κ1) is 27.8. The van der Waals surface area contributed by atoms with Crippen molar-refractivity contribution in [1.82, 2.24) is 0 Å². The van der Waals surface area contributed by atoms with Crippen molar-refractivity contribution in [3.05, 3.63) is 84.5 Å². The van der Waals surface area contributed by atoms with Crippen LogP contribution in [0.1, 0.15) is 13.8 Å². The molecule has 0 radical (unpaired) electrons. The van der Waals surface area contributed by atoms with Crippen LogP contribution in [0.2, 0.25) is 0 Å². The van der Waals surface area contributed by atoms with Crippen molar-refractivity contribution in [2.24, 2.45) is 16.1 Å². The van der Waals surface area contributed by atoms with E-state index in [0.717, 1.165) is 10.0 Å². The van der Waals surface area contributed by atoms with Crippen LogP contribution in [0, 0.1) is 5.92 Å². The molecule has 2 amide bonds. The van der Waals surface area contributed by atoms with Crippen LogP contribution in [-0.2, 0) is 29.8 Å². The van der Waals surface area contributed by atoms with Gasteiger partial charge in [-0.15, -0.1) is 0 Å². The maximum Gasteiger partial charge on any atom is 0.294 e. The summed E-state index contributed by atoms with van der Waals surface area (Å²) in [6.45, 7) is 3.33. The van der Waals surface area contributed by atoms with Crippen LogP contribution in [0.15, 0.2) is 104 Å². The second-order valence-corrected chi connectivity index (χ2v) is 11.3. The molecule has 1 atom stereocenters. The lowest BCUT2D eigenvalue weighted by molar-refractivity contribution is -0.118. The lowest BCUT2D eigenvalue weighted by Crippen LogP contribution is -2.25. The molecule has 39 heavy (non-hydrogen) atoms. The number of carbonyl (C=O) groups excluding carboxylic acids is 2. The van der Waals surface area contributed by atoms with Gasteiger partial charge in [0, 0.05) is 0 Å². The third-order valence-corrected chi connectivity index (χ3v) is 7.53. The third-order valence-electron chi connectivity index (χ3n) is 5.79. The molecule has 0 saturated carbocycles. The Morgan fingerprint density at radius 3 is 1.77 bits per heavy atom. The maximum atomic E-state index is 12.8. The van der Waals surface area contributed by atoms with E-state index in [1.807, 2.05) is 0 Å². The number of nitrogens with zero attached hydrogens (tertiary/aromatic N) is 4. The summed E-state index contributed by atoms with van der Waals surface area (Å²) in [5, 5.41) is 10.7. The number of hydrazone groups is 2. The van der Waals surface area contributed by atoms with Gasteiger partial charge in [-0.3, -0.25) is 18.7 Å². The molecule has 2 aliphatic rings. The molecule has 4 rings (SSSR count). The number of benzene rings is 2. The van der Waals surface area contributed by atoms with Gasteiger partial charge in [0.05, 0.1) is 44.1 Å². The van der Waals surface area contributed by atoms with Crippen molar-refractivity contribution in [3.63, 3.8) is 0 Å². The lowest BCUT2D eigenvalue weighted by atomic mass is 10.0. The number of amides is 2. The van der Waals surface area contributed by atoms with Gasteiger partial charge in [0.1, 0.15) is 0 Å². The summed E-state index contributed by atoms with van der Waals surface area (Å²) in [6, 6.07) is 10.1. The standard InChI is InChI=1S/C25H22N4O8S2/c1-16-22(24(30)28(26-16)18-8-12-20(13-9-18)38(32,33)34)6-4-3-5-7-23-17(2)27-29(25(23)31)19-10-14-21(15-11-19)39(35,36)37/h3-15,22H,1-2H3,(H,32,33,34)(H,35,36,37)/b5-3+,6-4+,23-7?. The summed E-state index contributed by atoms with van der Waals surface area (Å²) in [6.07, 6.45) is 8.04. The normalized spacial score (nSPS) is 19.6. The highest BCUT2D eigenvalue weighted by atomic mass is 32.2. The molecule has 0 aromatic heterocycles. The smallest absolute Gasteiger partial charge is 0.282 e. The largest absolute Gasteiger partial charge is 0.294 e. The van der Waals surface area contributed by atoms with Gasteiger partial charge in [-0.1, -0.05) is 24.3 Å². The van der Waals surface area contributed by atoms with Gasteiger partial charge in [0.2, 0.25) is 0 Å². The van der Waals surface area contributed by atoms with Crippen LogP contribution in [-0.4, -0.2) is 49.2 Å². The molecule has 0 spiro atoms. The van der Waals surface area contributed by atoms with Gasteiger partial charge in [-0.2, -0.15) is 37.1 Å². The molecule has 0 bridgehead atoms. The zero-order valence-corrected chi connectivity index (χ0v) is 22.2. The summed E-state index contributed by atoms with van der Waals surface area (Å²) >= 11 is 0. The third kappa shape index (κ3) is 5.93. The topological polar surface area (TPSA) is 174 Å². The first-order valence-electron chi connectivity index (χ1n) is 11.3. The highest BCUT2D eigenvalue weighted by Gasteiger charge is 2.32. The van der Waals surface area contributed by atoms with E-state index < -0.39 is 32.1 Å². The Balaban J connectivity index is 1.41. The number of allylic oxidation sites excluding steroid dienone is 4. The van der Waals surface area contributed by atoms with E-state index in [1.54, 1.807) is 44.2 Å². The minimum atomic E-state index is -4.36. The number of anilines is 2. The Hall–Kier alpha value is -4.24. The molecule has 2 aromatic carbocycles. The molecule has 1 unspecified atom stereocenters. The Morgan fingerprint density at radius 1 is 0.744 bits per heavy atom. The zero-order chi connectivity index (χ0) is 28.5. The summed E-state index contributed by atoms with van der Waals surface area (Å²) in [7, 11) is -8.71. The number of carbonyl (C=O) groups is 2. The van der Waals surface area contributed by atoms with Crippen molar-refractivity contribution in [3.8, 4) is 0 Å². The molecular weight excluding hydrogens is 548 g/mol. The zero-order valence-electron chi connectivity index (χ0n) is 20.5. The van der Waals surface area contributed by atoms with Gasteiger partial charge >= 0.3 is 0 Å². The van der Waals surface area contributed by atoms with Crippen molar-refractivity contribution < 1.29 is 35.5 Å². The quantitative estimate of drug-likeness (QED) is 0.290. The number of hydrogen-bond acceptors (Lipinski definition) is 8. The van der Waals surface area contributed by atoms with E-state index in [1.165, 1.54) is 48.5 Å². The summed E-state index contributed by atoms with van der Waals surface area (Å²) in [4.78, 5) is 25.1. The molecule has 2 N–H and O–H groups in total. The molecule has 12 nitrogen and oxygen atoms in total. The van der Waals surface area contributed by atoms with E-state index >= 15 is 0 Å².